The first-order valence-electron chi connectivity index (χ1n) is 5.57. The molecular weight excluding hydrogens is 282 g/mol. The Hall–Kier alpha value is -1.07. The fraction of sp³-hybridized carbons (Fsp3) is 0.417. The molecule has 1 atom stereocenters. The van der Waals surface area contributed by atoms with Crippen molar-refractivity contribution in [1.29, 1.82) is 0 Å². The van der Waals surface area contributed by atoms with E-state index in [0.717, 1.165) is 27.5 Å². The first-order chi connectivity index (χ1) is 7.97. The van der Waals surface area contributed by atoms with E-state index in [2.05, 4.69) is 15.9 Å². The van der Waals surface area contributed by atoms with Gasteiger partial charge in [-0.05, 0) is 24.1 Å². The highest BCUT2D eigenvalue weighted by molar-refractivity contribution is 9.10. The Morgan fingerprint density at radius 1 is 1.29 bits per heavy atom. The van der Waals surface area contributed by atoms with Crippen LogP contribution in [-0.2, 0) is 14.1 Å². The summed E-state index contributed by atoms with van der Waals surface area (Å²) >= 11 is 3.52. The summed E-state index contributed by atoms with van der Waals surface area (Å²) in [6.07, 6.45) is 0.866. The Balaban J connectivity index is 2.81. The van der Waals surface area contributed by atoms with Gasteiger partial charge in [0.25, 0.3) is 0 Å². The molecule has 0 spiro atoms. The molecule has 17 heavy (non-hydrogen) atoms. The summed E-state index contributed by atoms with van der Waals surface area (Å²) < 4.78 is 4.25. The van der Waals surface area contributed by atoms with Crippen LogP contribution in [0.5, 0.6) is 0 Å². The van der Waals surface area contributed by atoms with Gasteiger partial charge in [-0.25, -0.2) is 4.79 Å². The van der Waals surface area contributed by atoms with Gasteiger partial charge in [-0.3, -0.25) is 9.13 Å². The van der Waals surface area contributed by atoms with Crippen molar-refractivity contribution in [3.05, 3.63) is 32.7 Å². The Labute approximate surface area is 108 Å². The molecule has 0 aliphatic carbocycles. The highest BCUT2D eigenvalue weighted by atomic mass is 79.9. The van der Waals surface area contributed by atoms with Crippen molar-refractivity contribution in [2.45, 2.75) is 19.4 Å². The van der Waals surface area contributed by atoms with E-state index in [9.17, 15) is 4.79 Å². The van der Waals surface area contributed by atoms with Crippen molar-refractivity contribution in [3.8, 4) is 0 Å². The summed E-state index contributed by atoms with van der Waals surface area (Å²) in [6, 6.07) is 3.94. The maximum atomic E-state index is 11.8. The summed E-state index contributed by atoms with van der Waals surface area (Å²) in [4.78, 5) is 11.8. The number of hydrogen-bond acceptors (Lipinski definition) is 2. The third-order valence-corrected chi connectivity index (χ3v) is 3.92. The first kappa shape index (κ1) is 12.4. The van der Waals surface area contributed by atoms with E-state index < -0.39 is 0 Å². The second-order valence-electron chi connectivity index (χ2n) is 4.28. The minimum Gasteiger partial charge on any atom is -0.324 e. The number of aromatic nitrogens is 2. The van der Waals surface area contributed by atoms with Crippen LogP contribution in [0.4, 0.5) is 0 Å². The Morgan fingerprint density at radius 3 is 2.35 bits per heavy atom. The van der Waals surface area contributed by atoms with E-state index in [1.54, 1.807) is 23.2 Å². The molecule has 0 bridgehead atoms. The molecule has 0 aliphatic heterocycles. The van der Waals surface area contributed by atoms with Crippen molar-refractivity contribution in [2.24, 2.45) is 19.8 Å². The molecule has 0 saturated heterocycles. The number of aryl methyl sites for hydroxylation is 2. The third-order valence-electron chi connectivity index (χ3n) is 3.23. The molecule has 0 radical (unpaired) electrons. The molecule has 2 aromatic rings. The van der Waals surface area contributed by atoms with Crippen molar-refractivity contribution in [1.82, 2.24) is 9.13 Å². The van der Waals surface area contributed by atoms with E-state index in [1.807, 2.05) is 19.1 Å². The van der Waals surface area contributed by atoms with Crippen LogP contribution in [0.2, 0.25) is 0 Å². The molecule has 0 fully saturated rings. The van der Waals surface area contributed by atoms with E-state index in [0.29, 0.717) is 0 Å². The highest BCUT2D eigenvalue weighted by Gasteiger charge is 2.14. The molecular formula is C12H16BrN3O. The fourth-order valence-electron chi connectivity index (χ4n) is 2.04. The van der Waals surface area contributed by atoms with Crippen LogP contribution in [0, 0.1) is 0 Å². The van der Waals surface area contributed by atoms with Crippen LogP contribution in [0.1, 0.15) is 24.9 Å². The van der Waals surface area contributed by atoms with Crippen LogP contribution >= 0.6 is 15.9 Å². The first-order valence-corrected chi connectivity index (χ1v) is 6.37. The van der Waals surface area contributed by atoms with Gasteiger partial charge in [-0.1, -0.05) is 22.9 Å². The van der Waals surface area contributed by atoms with Gasteiger partial charge in [0.2, 0.25) is 0 Å². The zero-order valence-electron chi connectivity index (χ0n) is 10.2. The average molecular weight is 298 g/mol. The molecule has 0 amide bonds. The molecule has 5 heteroatoms. The Morgan fingerprint density at radius 2 is 1.82 bits per heavy atom. The fourth-order valence-corrected chi connectivity index (χ4v) is 2.67. The van der Waals surface area contributed by atoms with Gasteiger partial charge in [-0.15, -0.1) is 0 Å². The SMILES string of the molecule is CC[C@@H](N)c1cc2c(cc1Br)n(C)c(=O)n2C. The predicted molar refractivity (Wildman–Crippen MR) is 73.1 cm³/mol. The predicted octanol–water partition coefficient (Wildman–Crippen LogP) is 2.05. The molecule has 1 aromatic heterocycles. The molecule has 1 aromatic carbocycles. The second-order valence-corrected chi connectivity index (χ2v) is 5.13. The van der Waals surface area contributed by atoms with E-state index in [-0.39, 0.29) is 11.7 Å². The number of imidazole rings is 1. The molecule has 0 aliphatic rings. The zero-order valence-corrected chi connectivity index (χ0v) is 11.8. The average Bonchev–Trinajstić information content (AvgIpc) is 2.53. The normalized spacial score (nSPS) is 13.2. The molecule has 0 saturated carbocycles. The van der Waals surface area contributed by atoms with Crippen molar-refractivity contribution < 1.29 is 0 Å². The number of benzene rings is 1. The van der Waals surface area contributed by atoms with Crippen molar-refractivity contribution in [3.63, 3.8) is 0 Å². The molecule has 1 heterocycles. The van der Waals surface area contributed by atoms with E-state index >= 15 is 0 Å². The van der Waals surface area contributed by atoms with Crippen LogP contribution in [0.15, 0.2) is 21.4 Å². The lowest BCUT2D eigenvalue weighted by molar-refractivity contribution is 0.696. The number of rotatable bonds is 2. The monoisotopic (exact) mass is 297 g/mol. The molecule has 0 unspecified atom stereocenters. The van der Waals surface area contributed by atoms with Crippen LogP contribution in [0.3, 0.4) is 0 Å². The summed E-state index contributed by atoms with van der Waals surface area (Å²) in [5.41, 5.74) is 8.91. The zero-order chi connectivity index (χ0) is 12.7. The minimum absolute atomic E-state index is 0.0101. The Bertz CT molecular complexity index is 627. The number of nitrogens with zero attached hydrogens (tertiary/aromatic N) is 2. The van der Waals surface area contributed by atoms with Gasteiger partial charge < -0.3 is 5.73 Å². The number of fused-ring (bicyclic) bond motifs is 1. The quantitative estimate of drug-likeness (QED) is 0.922. The summed E-state index contributed by atoms with van der Waals surface area (Å²) in [7, 11) is 3.55. The van der Waals surface area contributed by atoms with Crippen LogP contribution < -0.4 is 11.4 Å². The van der Waals surface area contributed by atoms with Gasteiger partial charge in [-0.2, -0.15) is 0 Å². The smallest absolute Gasteiger partial charge is 0.324 e. The summed E-state index contributed by atoms with van der Waals surface area (Å²) in [6.45, 7) is 2.05. The maximum absolute atomic E-state index is 11.8. The highest BCUT2D eigenvalue weighted by Crippen LogP contribution is 2.28. The van der Waals surface area contributed by atoms with Gasteiger partial charge >= 0.3 is 5.69 Å². The lowest BCUT2D eigenvalue weighted by Crippen LogP contribution is -2.19. The van der Waals surface area contributed by atoms with Gasteiger partial charge in [0.05, 0.1) is 11.0 Å². The summed E-state index contributed by atoms with van der Waals surface area (Å²) in [5.74, 6) is 0. The van der Waals surface area contributed by atoms with Gasteiger partial charge in [0.15, 0.2) is 0 Å². The van der Waals surface area contributed by atoms with Crippen LogP contribution in [-0.4, -0.2) is 9.13 Å². The molecule has 2 N–H and O–H groups in total. The van der Waals surface area contributed by atoms with Gasteiger partial charge in [0.1, 0.15) is 0 Å². The second kappa shape index (κ2) is 4.31. The Kier molecular flexibility index (Phi) is 3.14. The number of nitrogens with two attached hydrogens (primary N) is 1. The maximum Gasteiger partial charge on any atom is 0.328 e. The third kappa shape index (κ3) is 1.83. The molecule has 92 valence electrons. The standard InChI is InChI=1S/C12H16BrN3O/c1-4-9(14)7-5-10-11(6-8(7)13)16(3)12(17)15(10)2/h5-6,9H,4,14H2,1-3H3/t9-/m1/s1. The lowest BCUT2D eigenvalue weighted by atomic mass is 10.0. The minimum atomic E-state index is -0.0193. The van der Waals surface area contributed by atoms with Gasteiger partial charge in [0, 0.05) is 24.6 Å². The largest absolute Gasteiger partial charge is 0.328 e. The summed E-state index contributed by atoms with van der Waals surface area (Å²) in [5, 5.41) is 0. The van der Waals surface area contributed by atoms with E-state index in [4.69, 9.17) is 5.73 Å². The molecule has 4 nitrogen and oxygen atoms in total. The van der Waals surface area contributed by atoms with Crippen LogP contribution in [0.25, 0.3) is 11.0 Å². The topological polar surface area (TPSA) is 52.9 Å². The number of hydrogen-bond donors (Lipinski definition) is 1. The van der Waals surface area contributed by atoms with E-state index in [1.165, 1.54) is 0 Å². The van der Waals surface area contributed by atoms with Crippen molar-refractivity contribution in [2.75, 3.05) is 0 Å². The lowest BCUT2D eigenvalue weighted by Gasteiger charge is -2.12. The number of halogens is 1. The van der Waals surface area contributed by atoms with Crippen molar-refractivity contribution >= 4 is 27.0 Å². The molecule has 2 rings (SSSR count).